The lowest BCUT2D eigenvalue weighted by molar-refractivity contribution is 0.102. The Morgan fingerprint density at radius 3 is 2.43 bits per heavy atom. The highest BCUT2D eigenvalue weighted by molar-refractivity contribution is 8.16. The fourth-order valence-corrected chi connectivity index (χ4v) is 5.05. The molecule has 4 nitrogen and oxygen atoms in total. The number of benzene rings is 1. The molecule has 23 heavy (non-hydrogen) atoms. The predicted octanol–water partition coefficient (Wildman–Crippen LogP) is 4.21. The first kappa shape index (κ1) is 18.0. The summed E-state index contributed by atoms with van der Waals surface area (Å²) in [4.78, 5) is 16.2. The van der Waals surface area contributed by atoms with E-state index in [-0.39, 0.29) is 18.3 Å². The summed E-state index contributed by atoms with van der Waals surface area (Å²) in [6, 6.07) is 11.3. The van der Waals surface area contributed by atoms with E-state index in [0.29, 0.717) is 21.7 Å². The Bertz CT molecular complexity index is 643. The highest BCUT2D eigenvalue weighted by atomic mass is 35.5. The molecule has 0 aliphatic carbocycles. The number of nitrogens with zero attached hydrogens (tertiary/aromatic N) is 1. The maximum Gasteiger partial charge on any atom is 0.255 e. The minimum atomic E-state index is -0.137. The SMILES string of the molecule is Cl.Nc1ccc(NC(=O)c2ccc(C3SCCCS3)cc2)cn1. The first-order chi connectivity index (χ1) is 10.7. The molecular formula is C16H18ClN3OS2. The number of nitrogens with one attached hydrogen (secondary N) is 1. The number of rotatable bonds is 3. The highest BCUT2D eigenvalue weighted by Gasteiger charge is 2.17. The molecule has 1 aliphatic heterocycles. The Morgan fingerprint density at radius 1 is 1.13 bits per heavy atom. The number of aromatic nitrogens is 1. The van der Waals surface area contributed by atoms with Crippen LogP contribution >= 0.6 is 35.9 Å². The zero-order valence-electron chi connectivity index (χ0n) is 12.4. The largest absolute Gasteiger partial charge is 0.384 e. The van der Waals surface area contributed by atoms with E-state index in [1.54, 1.807) is 18.3 Å². The van der Waals surface area contributed by atoms with Gasteiger partial charge in [-0.2, -0.15) is 0 Å². The normalized spacial score (nSPS) is 14.8. The lowest BCUT2D eigenvalue weighted by Gasteiger charge is -2.21. The van der Waals surface area contributed by atoms with E-state index in [9.17, 15) is 4.79 Å². The standard InChI is InChI=1S/C16H17N3OS2.ClH/c17-14-7-6-13(10-18-14)19-15(20)11-2-4-12(5-3-11)16-21-8-1-9-22-16;/h2-7,10,16H,1,8-9H2,(H2,17,18)(H,19,20);1H. The van der Waals surface area contributed by atoms with Crippen LogP contribution in [0.5, 0.6) is 0 Å². The Hall–Kier alpha value is -1.37. The maximum absolute atomic E-state index is 12.2. The quantitative estimate of drug-likeness (QED) is 0.850. The summed E-state index contributed by atoms with van der Waals surface area (Å²) in [5, 5.41) is 2.82. The third kappa shape index (κ3) is 4.80. The summed E-state index contributed by atoms with van der Waals surface area (Å²) in [5.74, 6) is 2.72. The number of halogens is 1. The van der Waals surface area contributed by atoms with Gasteiger partial charge in [-0.05, 0) is 47.8 Å². The Balaban J connectivity index is 0.00000192. The summed E-state index contributed by atoms with van der Waals surface area (Å²) in [5.41, 5.74) is 8.09. The Labute approximate surface area is 150 Å². The zero-order valence-corrected chi connectivity index (χ0v) is 14.8. The highest BCUT2D eigenvalue weighted by Crippen LogP contribution is 2.43. The minimum absolute atomic E-state index is 0. The van der Waals surface area contributed by atoms with E-state index >= 15 is 0 Å². The number of nitrogen functional groups attached to an aromatic ring is 1. The molecule has 1 fully saturated rings. The first-order valence-electron chi connectivity index (χ1n) is 7.08. The molecular weight excluding hydrogens is 350 g/mol. The smallest absolute Gasteiger partial charge is 0.255 e. The molecule has 1 aromatic heterocycles. The van der Waals surface area contributed by atoms with Crippen LogP contribution in [0.2, 0.25) is 0 Å². The molecule has 1 aromatic carbocycles. The molecule has 2 aromatic rings. The van der Waals surface area contributed by atoms with Crippen molar-refractivity contribution >= 4 is 53.3 Å². The van der Waals surface area contributed by atoms with Crippen molar-refractivity contribution in [2.75, 3.05) is 22.6 Å². The van der Waals surface area contributed by atoms with Crippen LogP contribution in [0.4, 0.5) is 11.5 Å². The Morgan fingerprint density at radius 2 is 1.83 bits per heavy atom. The molecule has 7 heteroatoms. The van der Waals surface area contributed by atoms with Crippen LogP contribution in [0.25, 0.3) is 0 Å². The second-order valence-electron chi connectivity index (χ2n) is 4.97. The van der Waals surface area contributed by atoms with Crippen molar-refractivity contribution in [3.63, 3.8) is 0 Å². The molecule has 0 atom stereocenters. The van der Waals surface area contributed by atoms with Crippen molar-refractivity contribution in [2.45, 2.75) is 11.0 Å². The fourth-order valence-electron chi connectivity index (χ4n) is 2.15. The van der Waals surface area contributed by atoms with Crippen molar-refractivity contribution in [3.05, 3.63) is 53.7 Å². The molecule has 3 N–H and O–H groups in total. The first-order valence-corrected chi connectivity index (χ1v) is 9.18. The summed E-state index contributed by atoms with van der Waals surface area (Å²) < 4.78 is 0.493. The van der Waals surface area contributed by atoms with Crippen LogP contribution < -0.4 is 11.1 Å². The van der Waals surface area contributed by atoms with E-state index in [0.717, 1.165) is 0 Å². The number of amides is 1. The zero-order chi connectivity index (χ0) is 15.4. The number of anilines is 2. The van der Waals surface area contributed by atoms with Gasteiger partial charge in [0.1, 0.15) is 5.82 Å². The van der Waals surface area contributed by atoms with E-state index < -0.39 is 0 Å². The molecule has 0 saturated carbocycles. The third-order valence-electron chi connectivity index (χ3n) is 3.32. The summed E-state index contributed by atoms with van der Waals surface area (Å²) >= 11 is 3.95. The minimum Gasteiger partial charge on any atom is -0.384 e. The summed E-state index contributed by atoms with van der Waals surface area (Å²) in [6.45, 7) is 0. The van der Waals surface area contributed by atoms with Crippen LogP contribution in [-0.4, -0.2) is 22.4 Å². The molecule has 1 amide bonds. The molecule has 1 aliphatic rings. The van der Waals surface area contributed by atoms with Gasteiger partial charge in [0.15, 0.2) is 0 Å². The van der Waals surface area contributed by atoms with Gasteiger partial charge in [0.05, 0.1) is 16.5 Å². The van der Waals surface area contributed by atoms with Gasteiger partial charge >= 0.3 is 0 Å². The monoisotopic (exact) mass is 367 g/mol. The van der Waals surface area contributed by atoms with Gasteiger partial charge in [-0.1, -0.05) is 12.1 Å². The second kappa shape index (κ2) is 8.47. The average molecular weight is 368 g/mol. The maximum atomic E-state index is 12.2. The molecule has 1 saturated heterocycles. The van der Waals surface area contributed by atoms with Crippen molar-refractivity contribution < 1.29 is 4.79 Å². The van der Waals surface area contributed by atoms with E-state index in [1.807, 2.05) is 47.8 Å². The van der Waals surface area contributed by atoms with Gasteiger partial charge < -0.3 is 11.1 Å². The lowest BCUT2D eigenvalue weighted by atomic mass is 10.1. The van der Waals surface area contributed by atoms with Crippen LogP contribution in [0.3, 0.4) is 0 Å². The number of carbonyl (C=O) groups excluding carboxylic acids is 1. The van der Waals surface area contributed by atoms with Crippen LogP contribution in [-0.2, 0) is 0 Å². The Kier molecular flexibility index (Phi) is 6.62. The van der Waals surface area contributed by atoms with Gasteiger partial charge in [-0.3, -0.25) is 4.79 Å². The van der Waals surface area contributed by atoms with Crippen LogP contribution in [0.15, 0.2) is 42.6 Å². The molecule has 0 unspecified atom stereocenters. The van der Waals surface area contributed by atoms with Crippen LogP contribution in [0, 0.1) is 0 Å². The fraction of sp³-hybridized carbons (Fsp3) is 0.250. The number of carbonyl (C=O) groups is 1. The summed E-state index contributed by atoms with van der Waals surface area (Å²) in [7, 11) is 0. The van der Waals surface area contributed by atoms with E-state index in [2.05, 4.69) is 10.3 Å². The third-order valence-corrected chi connectivity index (χ3v) is 6.33. The number of hydrogen-bond donors (Lipinski definition) is 2. The van der Waals surface area contributed by atoms with Gasteiger partial charge in [0.2, 0.25) is 0 Å². The average Bonchev–Trinajstić information content (AvgIpc) is 2.58. The van der Waals surface area contributed by atoms with Crippen molar-refractivity contribution in [1.29, 1.82) is 0 Å². The second-order valence-corrected chi connectivity index (χ2v) is 7.70. The number of nitrogens with two attached hydrogens (primary N) is 1. The molecule has 0 bridgehead atoms. The van der Waals surface area contributed by atoms with E-state index in [4.69, 9.17) is 5.73 Å². The van der Waals surface area contributed by atoms with Crippen molar-refractivity contribution in [2.24, 2.45) is 0 Å². The molecule has 122 valence electrons. The van der Waals surface area contributed by atoms with E-state index in [1.165, 1.54) is 23.5 Å². The van der Waals surface area contributed by atoms with Crippen LogP contribution in [0.1, 0.15) is 26.9 Å². The van der Waals surface area contributed by atoms with Crippen molar-refractivity contribution in [3.8, 4) is 0 Å². The van der Waals surface area contributed by atoms with Gasteiger partial charge in [0, 0.05) is 5.56 Å². The topological polar surface area (TPSA) is 68.0 Å². The van der Waals surface area contributed by atoms with Crippen molar-refractivity contribution in [1.82, 2.24) is 4.98 Å². The van der Waals surface area contributed by atoms with Gasteiger partial charge in [-0.25, -0.2) is 4.98 Å². The number of pyridine rings is 1. The number of hydrogen-bond acceptors (Lipinski definition) is 5. The lowest BCUT2D eigenvalue weighted by Crippen LogP contribution is -2.12. The van der Waals surface area contributed by atoms with Gasteiger partial charge in [0.25, 0.3) is 5.91 Å². The predicted molar refractivity (Wildman–Crippen MR) is 103 cm³/mol. The number of thioether (sulfide) groups is 2. The molecule has 2 heterocycles. The van der Waals surface area contributed by atoms with Gasteiger partial charge in [-0.15, -0.1) is 35.9 Å². The molecule has 3 rings (SSSR count). The summed E-state index contributed by atoms with van der Waals surface area (Å²) in [6.07, 6.45) is 2.83. The molecule has 0 radical (unpaired) electrons. The molecule has 0 spiro atoms.